The molecule has 2 heterocycles. The molecule has 0 aliphatic heterocycles. The molecule has 4 aromatic rings. The van der Waals surface area contributed by atoms with E-state index < -0.39 is 20.3 Å². The predicted molar refractivity (Wildman–Crippen MR) is 126 cm³/mol. The van der Waals surface area contributed by atoms with E-state index in [2.05, 4.69) is 4.98 Å². The zero-order chi connectivity index (χ0) is 24.3. The molecule has 8 nitrogen and oxygen atoms in total. The lowest BCUT2D eigenvalue weighted by atomic mass is 10.2. The summed E-state index contributed by atoms with van der Waals surface area (Å²) in [5.74, 6) is 0.500. The molecule has 0 spiro atoms. The number of nitrogens with zero attached hydrogens (tertiary/aromatic N) is 3. The fourth-order valence-corrected chi connectivity index (χ4v) is 4.38. The normalized spacial score (nSPS) is 11.7. The van der Waals surface area contributed by atoms with Crippen molar-refractivity contribution in [3.8, 4) is 23.4 Å². The van der Waals surface area contributed by atoms with E-state index in [9.17, 15) is 18.5 Å². The Hall–Kier alpha value is -4.42. The summed E-state index contributed by atoms with van der Waals surface area (Å²) >= 11 is 0. The second-order valence-electron chi connectivity index (χ2n) is 7.25. The number of pyridine rings is 1. The van der Waals surface area contributed by atoms with E-state index in [0.717, 1.165) is 11.6 Å². The maximum atomic E-state index is 13.3. The van der Waals surface area contributed by atoms with E-state index in [1.165, 1.54) is 29.8 Å². The zero-order valence-electron chi connectivity index (χ0n) is 18.3. The maximum absolute atomic E-state index is 13.3. The number of para-hydroxylation sites is 2. The van der Waals surface area contributed by atoms with Crippen molar-refractivity contribution in [3.05, 3.63) is 99.3 Å². The van der Waals surface area contributed by atoms with E-state index in [-0.39, 0.29) is 27.7 Å². The van der Waals surface area contributed by atoms with Gasteiger partial charge in [0, 0.05) is 6.20 Å². The topological polar surface area (TPSA) is 111 Å². The van der Waals surface area contributed by atoms with Crippen molar-refractivity contribution in [2.24, 2.45) is 0 Å². The SMILES string of the molecule is COc1ccccc1Oc1nc2ccccn2c(=O)c1/C=C(\C#N)S(=O)(=O)c1ccc(C)cc1. The molecule has 0 aliphatic rings. The first-order valence-electron chi connectivity index (χ1n) is 10.1. The number of sulfone groups is 1. The summed E-state index contributed by atoms with van der Waals surface area (Å²) in [5, 5.41) is 9.72. The quantitative estimate of drug-likeness (QED) is 0.387. The molecular formula is C25H19N3O5S. The number of allylic oxidation sites excluding steroid dienone is 1. The van der Waals surface area contributed by atoms with Gasteiger partial charge in [-0.05, 0) is 49.4 Å². The van der Waals surface area contributed by atoms with Gasteiger partial charge in [0.15, 0.2) is 11.5 Å². The monoisotopic (exact) mass is 473 g/mol. The van der Waals surface area contributed by atoms with Gasteiger partial charge in [0.05, 0.1) is 12.0 Å². The summed E-state index contributed by atoms with van der Waals surface area (Å²) in [6, 6.07) is 19.5. The molecule has 2 aromatic carbocycles. The molecule has 170 valence electrons. The fraction of sp³-hybridized carbons (Fsp3) is 0.0800. The summed E-state index contributed by atoms with van der Waals surface area (Å²) in [5.41, 5.74) is 0.365. The van der Waals surface area contributed by atoms with Crippen molar-refractivity contribution >= 4 is 21.6 Å². The minimum atomic E-state index is -4.19. The molecule has 0 amide bonds. The van der Waals surface area contributed by atoms with Gasteiger partial charge in [0.1, 0.15) is 22.2 Å². The van der Waals surface area contributed by atoms with Crippen molar-refractivity contribution in [2.45, 2.75) is 11.8 Å². The van der Waals surface area contributed by atoms with Crippen LogP contribution in [0.2, 0.25) is 0 Å². The lowest BCUT2D eigenvalue weighted by Gasteiger charge is -2.12. The van der Waals surface area contributed by atoms with Gasteiger partial charge in [-0.1, -0.05) is 35.9 Å². The van der Waals surface area contributed by atoms with Crippen LogP contribution in [-0.2, 0) is 9.84 Å². The summed E-state index contributed by atoms with van der Waals surface area (Å²) in [7, 11) is -2.73. The van der Waals surface area contributed by atoms with Gasteiger partial charge in [-0.25, -0.2) is 8.42 Å². The van der Waals surface area contributed by atoms with Gasteiger partial charge in [-0.15, -0.1) is 0 Å². The number of aryl methyl sites for hydroxylation is 1. The van der Waals surface area contributed by atoms with Crippen LogP contribution >= 0.6 is 0 Å². The van der Waals surface area contributed by atoms with Crippen LogP contribution in [0.15, 0.2) is 87.5 Å². The molecule has 2 aromatic heterocycles. The van der Waals surface area contributed by atoms with Gasteiger partial charge in [0.25, 0.3) is 5.56 Å². The lowest BCUT2D eigenvalue weighted by Crippen LogP contribution is -2.19. The van der Waals surface area contributed by atoms with E-state index in [1.807, 2.05) is 6.92 Å². The zero-order valence-corrected chi connectivity index (χ0v) is 19.1. The maximum Gasteiger partial charge on any atom is 0.269 e. The van der Waals surface area contributed by atoms with Crippen molar-refractivity contribution in [3.63, 3.8) is 0 Å². The Kier molecular flexibility index (Phi) is 6.17. The molecule has 0 saturated carbocycles. The third-order valence-electron chi connectivity index (χ3n) is 5.02. The van der Waals surface area contributed by atoms with Crippen LogP contribution < -0.4 is 15.0 Å². The predicted octanol–water partition coefficient (Wildman–Crippen LogP) is 4.14. The highest BCUT2D eigenvalue weighted by Gasteiger charge is 2.24. The molecule has 9 heteroatoms. The van der Waals surface area contributed by atoms with Crippen molar-refractivity contribution in [2.75, 3.05) is 7.11 Å². The van der Waals surface area contributed by atoms with Gasteiger partial charge < -0.3 is 9.47 Å². The van der Waals surface area contributed by atoms with E-state index in [1.54, 1.807) is 60.7 Å². The Labute approximate surface area is 195 Å². The van der Waals surface area contributed by atoms with E-state index in [0.29, 0.717) is 5.75 Å². The average molecular weight is 474 g/mol. The van der Waals surface area contributed by atoms with Crippen LogP contribution in [0.5, 0.6) is 17.4 Å². The molecule has 0 aliphatic carbocycles. The van der Waals surface area contributed by atoms with Crippen LogP contribution in [0.3, 0.4) is 0 Å². The molecule has 0 fully saturated rings. The third-order valence-corrected chi connectivity index (χ3v) is 6.70. The van der Waals surface area contributed by atoms with Gasteiger partial charge >= 0.3 is 0 Å². The van der Waals surface area contributed by atoms with Gasteiger partial charge in [-0.2, -0.15) is 10.2 Å². The van der Waals surface area contributed by atoms with Crippen LogP contribution in [0, 0.1) is 18.3 Å². The second-order valence-corrected chi connectivity index (χ2v) is 9.17. The number of fused-ring (bicyclic) bond motifs is 1. The number of rotatable bonds is 6. The van der Waals surface area contributed by atoms with Crippen LogP contribution in [0.25, 0.3) is 11.7 Å². The highest BCUT2D eigenvalue weighted by atomic mass is 32.2. The fourth-order valence-electron chi connectivity index (χ4n) is 3.24. The van der Waals surface area contributed by atoms with Gasteiger partial charge in [0.2, 0.25) is 15.7 Å². The Morgan fingerprint density at radius 1 is 1.03 bits per heavy atom. The standard InChI is InChI=1S/C25H19N3O5S/c1-17-10-12-18(13-11-17)34(30,31)19(16-26)15-20-24(33-22-8-4-3-7-21(22)32-2)27-23-9-5-6-14-28(23)25(20)29/h3-15H,1-2H3/b19-15+. The summed E-state index contributed by atoms with van der Waals surface area (Å²) in [6.07, 6.45) is 2.49. The molecule has 4 rings (SSSR count). The molecular weight excluding hydrogens is 454 g/mol. The number of ether oxygens (including phenoxy) is 2. The summed E-state index contributed by atoms with van der Waals surface area (Å²) in [4.78, 5) is 17.0. The van der Waals surface area contributed by atoms with Crippen LogP contribution in [0.1, 0.15) is 11.1 Å². The van der Waals surface area contributed by atoms with Crippen molar-refractivity contribution in [1.82, 2.24) is 9.38 Å². The first-order valence-corrected chi connectivity index (χ1v) is 11.6. The average Bonchev–Trinajstić information content (AvgIpc) is 2.84. The molecule has 0 atom stereocenters. The largest absolute Gasteiger partial charge is 0.493 e. The second kappa shape index (κ2) is 9.21. The first-order chi connectivity index (χ1) is 16.3. The molecule has 0 N–H and O–H groups in total. The summed E-state index contributed by atoms with van der Waals surface area (Å²) < 4.78 is 38.7. The Morgan fingerprint density at radius 2 is 1.71 bits per heavy atom. The molecule has 0 radical (unpaired) electrons. The summed E-state index contributed by atoms with van der Waals surface area (Å²) in [6.45, 7) is 1.82. The van der Waals surface area contributed by atoms with Crippen LogP contribution in [-0.4, -0.2) is 24.9 Å². The van der Waals surface area contributed by atoms with Crippen molar-refractivity contribution in [1.29, 1.82) is 5.26 Å². The smallest absolute Gasteiger partial charge is 0.269 e. The number of hydrogen-bond acceptors (Lipinski definition) is 7. The van der Waals surface area contributed by atoms with E-state index >= 15 is 0 Å². The Bertz CT molecular complexity index is 1620. The van der Waals surface area contributed by atoms with Gasteiger partial charge in [-0.3, -0.25) is 9.20 Å². The number of benzene rings is 2. The molecule has 34 heavy (non-hydrogen) atoms. The number of hydrogen-bond donors (Lipinski definition) is 0. The Morgan fingerprint density at radius 3 is 2.38 bits per heavy atom. The highest BCUT2D eigenvalue weighted by molar-refractivity contribution is 7.95. The molecule has 0 saturated heterocycles. The minimum Gasteiger partial charge on any atom is -0.493 e. The number of nitriles is 1. The first kappa shape index (κ1) is 22.8. The third kappa shape index (κ3) is 4.27. The lowest BCUT2D eigenvalue weighted by molar-refractivity contribution is 0.374. The Balaban J connectivity index is 1.94. The van der Waals surface area contributed by atoms with E-state index in [4.69, 9.17) is 9.47 Å². The van der Waals surface area contributed by atoms with Crippen LogP contribution in [0.4, 0.5) is 0 Å². The minimum absolute atomic E-state index is 0.0630. The molecule has 0 unspecified atom stereocenters. The molecule has 0 bridgehead atoms. The number of aromatic nitrogens is 2. The van der Waals surface area contributed by atoms with Crippen molar-refractivity contribution < 1.29 is 17.9 Å². The highest BCUT2D eigenvalue weighted by Crippen LogP contribution is 2.32. The number of methoxy groups -OCH3 is 1.